The lowest BCUT2D eigenvalue weighted by atomic mass is 10.2. The molecule has 2 N–H and O–H groups in total. The number of benzene rings is 2. The van der Waals surface area contributed by atoms with E-state index in [4.69, 9.17) is 4.74 Å². The third kappa shape index (κ3) is 5.20. The molecule has 0 saturated heterocycles. The smallest absolute Gasteiger partial charge is 0.280 e. The largest absolute Gasteiger partial charge is 0.494 e. The summed E-state index contributed by atoms with van der Waals surface area (Å²) in [4.78, 5) is 13.5. The number of carbonyl (C=O) groups is 1. The van der Waals surface area contributed by atoms with Crippen LogP contribution < -0.4 is 15.0 Å². The highest BCUT2D eigenvalue weighted by atomic mass is 19.1. The molecule has 0 bridgehead atoms. The predicted octanol–water partition coefficient (Wildman–Crippen LogP) is 2.29. The number of quaternary nitrogens is 1. The summed E-state index contributed by atoms with van der Waals surface area (Å²) < 4.78 is 20.5. The molecule has 7 heteroatoms. The average molecular weight is 397 g/mol. The summed E-state index contributed by atoms with van der Waals surface area (Å²) in [7, 11) is 3.33. The summed E-state index contributed by atoms with van der Waals surface area (Å²) in [5.41, 5.74) is 3.65. The highest BCUT2D eigenvalue weighted by molar-refractivity contribution is 5.91. The normalized spacial score (nSPS) is 11.9. The van der Waals surface area contributed by atoms with Crippen molar-refractivity contribution >= 4 is 11.7 Å². The van der Waals surface area contributed by atoms with Crippen molar-refractivity contribution in [2.45, 2.75) is 20.4 Å². The molecule has 1 heterocycles. The SMILES string of the molecule is COc1ccc(C[NH+](C)CC(=O)Nc2cc(C)nn2-c2ccc(C)cc2)cc1F. The van der Waals surface area contributed by atoms with Gasteiger partial charge in [-0.3, -0.25) is 4.79 Å². The summed E-state index contributed by atoms with van der Waals surface area (Å²) in [5.74, 6) is 0.299. The van der Waals surface area contributed by atoms with Gasteiger partial charge >= 0.3 is 0 Å². The first-order valence-corrected chi connectivity index (χ1v) is 9.43. The minimum absolute atomic E-state index is 0.134. The molecule has 0 aliphatic rings. The molecular weight excluding hydrogens is 371 g/mol. The molecule has 2 aromatic carbocycles. The first-order chi connectivity index (χ1) is 13.9. The van der Waals surface area contributed by atoms with Crippen LogP contribution in [0.4, 0.5) is 10.2 Å². The Kier molecular flexibility index (Phi) is 6.29. The standard InChI is InChI=1S/C22H25FN4O2/c1-15-5-8-18(9-6-15)27-21(11-16(2)25-27)24-22(28)14-26(3)13-17-7-10-20(29-4)19(23)12-17/h5-12H,13-14H2,1-4H3,(H,24,28)/p+1. The molecular formula is C22H26FN4O2+. The van der Waals surface area contributed by atoms with Gasteiger partial charge < -0.3 is 15.0 Å². The number of hydrogen-bond acceptors (Lipinski definition) is 3. The maximum absolute atomic E-state index is 13.9. The monoisotopic (exact) mass is 397 g/mol. The van der Waals surface area contributed by atoms with Crippen molar-refractivity contribution in [1.82, 2.24) is 9.78 Å². The molecule has 0 aliphatic heterocycles. The average Bonchev–Trinajstić information content (AvgIpc) is 3.02. The zero-order chi connectivity index (χ0) is 21.0. The zero-order valence-corrected chi connectivity index (χ0v) is 17.1. The third-order valence-electron chi connectivity index (χ3n) is 4.56. The third-order valence-corrected chi connectivity index (χ3v) is 4.56. The molecule has 0 fully saturated rings. The second-order valence-electron chi connectivity index (χ2n) is 7.25. The summed E-state index contributed by atoms with van der Waals surface area (Å²) >= 11 is 0. The fourth-order valence-corrected chi connectivity index (χ4v) is 3.16. The van der Waals surface area contributed by atoms with Gasteiger partial charge in [-0.05, 0) is 44.2 Å². The number of nitrogens with zero attached hydrogens (tertiary/aromatic N) is 2. The molecule has 152 valence electrons. The van der Waals surface area contributed by atoms with Gasteiger partial charge in [0.15, 0.2) is 18.1 Å². The number of amides is 1. The van der Waals surface area contributed by atoms with Crippen LogP contribution in [0, 0.1) is 19.7 Å². The van der Waals surface area contributed by atoms with Crippen LogP contribution in [0.3, 0.4) is 0 Å². The van der Waals surface area contributed by atoms with Gasteiger partial charge in [0.1, 0.15) is 12.4 Å². The fraction of sp³-hybridized carbons (Fsp3) is 0.273. The minimum atomic E-state index is -0.403. The number of carbonyl (C=O) groups excluding carboxylic acids is 1. The number of aryl methyl sites for hydroxylation is 2. The summed E-state index contributed by atoms with van der Waals surface area (Å²) in [6.45, 7) is 4.67. The lowest BCUT2D eigenvalue weighted by molar-refractivity contribution is -0.885. The second-order valence-corrected chi connectivity index (χ2v) is 7.25. The van der Waals surface area contributed by atoms with Gasteiger partial charge in [-0.25, -0.2) is 9.07 Å². The van der Waals surface area contributed by atoms with Crippen LogP contribution in [0.15, 0.2) is 48.5 Å². The number of halogens is 1. The molecule has 1 atom stereocenters. The Morgan fingerprint density at radius 2 is 1.90 bits per heavy atom. The van der Waals surface area contributed by atoms with Crippen molar-refractivity contribution < 1.29 is 18.8 Å². The van der Waals surface area contributed by atoms with E-state index >= 15 is 0 Å². The van der Waals surface area contributed by atoms with E-state index in [1.165, 1.54) is 13.2 Å². The Hall–Kier alpha value is -3.19. The van der Waals surface area contributed by atoms with Crippen LogP contribution >= 0.6 is 0 Å². The second kappa shape index (κ2) is 8.87. The Morgan fingerprint density at radius 3 is 2.55 bits per heavy atom. The van der Waals surface area contributed by atoms with Crippen LogP contribution in [-0.2, 0) is 11.3 Å². The van der Waals surface area contributed by atoms with E-state index in [2.05, 4.69) is 10.4 Å². The molecule has 0 saturated carbocycles. The van der Waals surface area contributed by atoms with Gasteiger partial charge in [0.25, 0.3) is 5.91 Å². The highest BCUT2D eigenvalue weighted by Crippen LogP contribution is 2.18. The van der Waals surface area contributed by atoms with Crippen molar-refractivity contribution in [3.63, 3.8) is 0 Å². The molecule has 3 rings (SSSR count). The van der Waals surface area contributed by atoms with Crippen molar-refractivity contribution in [1.29, 1.82) is 0 Å². The summed E-state index contributed by atoms with van der Waals surface area (Å²) in [6, 6.07) is 14.6. The minimum Gasteiger partial charge on any atom is -0.494 e. The number of methoxy groups -OCH3 is 1. The van der Waals surface area contributed by atoms with E-state index in [0.29, 0.717) is 12.4 Å². The predicted molar refractivity (Wildman–Crippen MR) is 110 cm³/mol. The number of nitrogens with one attached hydrogen (secondary N) is 2. The number of ether oxygens (including phenoxy) is 1. The molecule has 1 amide bonds. The lowest BCUT2D eigenvalue weighted by Crippen LogP contribution is -3.08. The van der Waals surface area contributed by atoms with Gasteiger partial charge in [0, 0.05) is 11.6 Å². The van der Waals surface area contributed by atoms with Gasteiger partial charge in [-0.15, -0.1) is 0 Å². The molecule has 29 heavy (non-hydrogen) atoms. The first kappa shape index (κ1) is 20.5. The number of aromatic nitrogens is 2. The van der Waals surface area contributed by atoms with Gasteiger partial charge in [0.2, 0.25) is 0 Å². The van der Waals surface area contributed by atoms with Gasteiger partial charge in [0.05, 0.1) is 25.5 Å². The molecule has 6 nitrogen and oxygen atoms in total. The summed E-state index contributed by atoms with van der Waals surface area (Å²) in [6.07, 6.45) is 0. The fourth-order valence-electron chi connectivity index (χ4n) is 3.16. The number of likely N-dealkylation sites (N-methyl/N-ethyl adjacent to an activating group) is 1. The topological polar surface area (TPSA) is 60.6 Å². The summed E-state index contributed by atoms with van der Waals surface area (Å²) in [5, 5.41) is 7.42. The Balaban J connectivity index is 1.65. The Morgan fingerprint density at radius 1 is 1.17 bits per heavy atom. The molecule has 1 aromatic heterocycles. The molecule has 0 radical (unpaired) electrons. The number of anilines is 1. The van der Waals surface area contributed by atoms with Gasteiger partial charge in [-0.2, -0.15) is 5.10 Å². The van der Waals surface area contributed by atoms with Crippen LogP contribution in [0.25, 0.3) is 5.69 Å². The van der Waals surface area contributed by atoms with E-state index < -0.39 is 5.82 Å². The first-order valence-electron chi connectivity index (χ1n) is 9.43. The maximum atomic E-state index is 13.9. The van der Waals surface area contributed by atoms with E-state index in [1.807, 2.05) is 51.2 Å². The van der Waals surface area contributed by atoms with E-state index in [0.717, 1.165) is 27.4 Å². The van der Waals surface area contributed by atoms with Crippen LogP contribution in [0.5, 0.6) is 5.75 Å². The quantitative estimate of drug-likeness (QED) is 0.643. The van der Waals surface area contributed by atoms with Crippen LogP contribution in [-0.4, -0.2) is 36.4 Å². The van der Waals surface area contributed by atoms with Gasteiger partial charge in [-0.1, -0.05) is 17.7 Å². The Bertz CT molecular complexity index is 999. The van der Waals surface area contributed by atoms with Crippen molar-refractivity contribution in [3.8, 4) is 11.4 Å². The molecule has 1 unspecified atom stereocenters. The lowest BCUT2D eigenvalue weighted by Gasteiger charge is -2.15. The zero-order valence-electron chi connectivity index (χ0n) is 17.1. The Labute approximate surface area is 169 Å². The maximum Gasteiger partial charge on any atom is 0.280 e. The van der Waals surface area contributed by atoms with Crippen LogP contribution in [0.1, 0.15) is 16.8 Å². The van der Waals surface area contributed by atoms with Crippen molar-refractivity contribution in [3.05, 3.63) is 71.2 Å². The molecule has 3 aromatic rings. The highest BCUT2D eigenvalue weighted by Gasteiger charge is 2.15. The van der Waals surface area contributed by atoms with E-state index in [-0.39, 0.29) is 18.2 Å². The number of hydrogen-bond donors (Lipinski definition) is 2. The molecule has 0 aliphatic carbocycles. The van der Waals surface area contributed by atoms with Crippen molar-refractivity contribution in [2.24, 2.45) is 0 Å². The van der Waals surface area contributed by atoms with Crippen molar-refractivity contribution in [2.75, 3.05) is 26.0 Å². The van der Waals surface area contributed by atoms with E-state index in [1.54, 1.807) is 16.8 Å². The number of rotatable bonds is 7. The van der Waals surface area contributed by atoms with E-state index in [9.17, 15) is 9.18 Å². The molecule has 0 spiro atoms. The van der Waals surface area contributed by atoms with Crippen LogP contribution in [0.2, 0.25) is 0 Å².